The summed E-state index contributed by atoms with van der Waals surface area (Å²) in [7, 11) is 0. The number of likely N-dealkylation sites (tertiary alicyclic amines) is 2. The zero-order valence-electron chi connectivity index (χ0n) is 70.9. The van der Waals surface area contributed by atoms with Crippen LogP contribution in [0.1, 0.15) is 187 Å². The summed E-state index contributed by atoms with van der Waals surface area (Å²) < 4.78 is 0. The number of hydrogen-bond donors (Lipinski definition) is 28. The maximum Gasteiger partial charge on any atom is 0.326 e. The van der Waals surface area contributed by atoms with Crippen molar-refractivity contribution in [3.63, 3.8) is 0 Å². The molecule has 0 aliphatic carbocycles. The molecule has 0 aromatic heterocycles. The fraction of sp³-hybridized carbons (Fsp3) is 0.730. The lowest BCUT2D eigenvalue weighted by atomic mass is 10.0. The van der Waals surface area contributed by atoms with Gasteiger partial charge in [0.25, 0.3) is 0 Å². The van der Waals surface area contributed by atoms with E-state index in [1.54, 1.807) is 0 Å². The van der Waals surface area contributed by atoms with E-state index in [1.165, 1.54) is 9.80 Å². The van der Waals surface area contributed by atoms with Crippen LogP contribution in [0.5, 0.6) is 0 Å². The topological polar surface area (TPSA) is 892 Å². The van der Waals surface area contributed by atoms with Gasteiger partial charge >= 0.3 is 5.97 Å². The third kappa shape index (κ3) is 42.4. The van der Waals surface area contributed by atoms with Crippen LogP contribution in [-0.4, -0.2) is 295 Å². The molecule has 2 rings (SSSR count). The number of hydrogen-bond acceptors (Lipinski definition) is 26. The molecule has 50 nitrogen and oxygen atoms in total. The third-order valence-corrected chi connectivity index (χ3v) is 20.1. The summed E-state index contributed by atoms with van der Waals surface area (Å²) in [4.78, 5) is 242. The number of nitrogens with one attached hydrogen (secondary N) is 11. The Balaban J connectivity index is 2.69. The first kappa shape index (κ1) is 108. The Kier molecular flexibility index (Phi) is 52.5. The molecule has 2 fully saturated rings. The van der Waals surface area contributed by atoms with Crippen molar-refractivity contribution in [3.05, 3.63) is 0 Å². The number of unbranched alkanes of at least 4 members (excludes halogenated alkanes) is 4. The minimum atomic E-state index is -1.86. The number of aliphatic imine (C=N–C) groups is 4. The van der Waals surface area contributed by atoms with Crippen LogP contribution < -0.4 is 144 Å². The largest absolute Gasteiger partial charge is 0.480 e. The maximum atomic E-state index is 14.9. The molecule has 14 atom stereocenters. The fourth-order valence-electron chi connectivity index (χ4n) is 13.6. The maximum absolute atomic E-state index is 14.9. The van der Waals surface area contributed by atoms with Crippen LogP contribution in [0.15, 0.2) is 20.0 Å². The Hall–Kier alpha value is -11.6. The average molecular weight is 1760 g/mol. The monoisotopic (exact) mass is 1760 g/mol. The molecule has 15 amide bonds. The van der Waals surface area contributed by atoms with Crippen LogP contribution in [0.25, 0.3) is 0 Å². The number of amides is 15. The van der Waals surface area contributed by atoms with Crippen molar-refractivity contribution in [1.29, 1.82) is 0 Å². The van der Waals surface area contributed by atoms with E-state index >= 15 is 0 Å². The highest BCUT2D eigenvalue weighted by Gasteiger charge is 2.45. The first-order chi connectivity index (χ1) is 58.8. The molecular weight excluding hydrogens is 1630 g/mol. The van der Waals surface area contributed by atoms with Crippen molar-refractivity contribution >= 4 is 118 Å². The Bertz CT molecular complexity index is 3600. The second kappa shape index (κ2) is 60.0. The number of nitrogens with zero attached hydrogens (tertiary/aromatic N) is 6. The Labute approximate surface area is 720 Å². The zero-order chi connectivity index (χ0) is 93.0. The molecule has 0 spiro atoms. The summed E-state index contributed by atoms with van der Waals surface area (Å²) in [5.41, 5.74) is 84.5. The molecule has 0 radical (unpaired) electrons. The summed E-state index contributed by atoms with van der Waals surface area (Å²) in [6, 6.07) is -19.4. The highest BCUT2D eigenvalue weighted by atomic mass is 16.4. The number of rotatable bonds is 64. The molecule has 124 heavy (non-hydrogen) atoms. The summed E-state index contributed by atoms with van der Waals surface area (Å²) in [5, 5.41) is 49.2. The van der Waals surface area contributed by atoms with Gasteiger partial charge in [-0.15, -0.1) is 0 Å². The number of guanidine groups is 4. The van der Waals surface area contributed by atoms with E-state index in [0.717, 1.165) is 6.92 Å². The van der Waals surface area contributed by atoms with Gasteiger partial charge in [-0.05, 0) is 200 Å². The zero-order valence-corrected chi connectivity index (χ0v) is 70.9. The van der Waals surface area contributed by atoms with E-state index in [4.69, 9.17) is 86.0 Å². The van der Waals surface area contributed by atoms with Gasteiger partial charge in [0, 0.05) is 52.1 Å². The number of carbonyl (C=O) groups is 16. The van der Waals surface area contributed by atoms with Gasteiger partial charge in [-0.1, -0.05) is 0 Å². The smallest absolute Gasteiger partial charge is 0.326 e. The minimum absolute atomic E-state index is 0.0344. The highest BCUT2D eigenvalue weighted by molar-refractivity contribution is 6.01. The van der Waals surface area contributed by atoms with E-state index in [1.807, 2.05) is 0 Å². The lowest BCUT2D eigenvalue weighted by Gasteiger charge is -2.33. The fourth-order valence-corrected chi connectivity index (χ4v) is 13.6. The number of carbonyl (C=O) groups excluding carboxylic acids is 15. The van der Waals surface area contributed by atoms with Crippen molar-refractivity contribution in [2.45, 2.75) is 271 Å². The van der Waals surface area contributed by atoms with Gasteiger partial charge in [0.1, 0.15) is 78.5 Å². The third-order valence-electron chi connectivity index (χ3n) is 20.1. The van der Waals surface area contributed by atoms with Gasteiger partial charge in [0.05, 0.1) is 12.6 Å². The molecule has 0 bridgehead atoms. The molecule has 50 heteroatoms. The molecule has 0 unspecified atom stereocenters. The van der Waals surface area contributed by atoms with Crippen molar-refractivity contribution < 1.29 is 86.9 Å². The standard InChI is InChI=1S/C74H138N32O18/c1-41(107)57(104-66(119)48(23-13-37-93-74(88)89)99-58(111)42(94-56(110)40-79)20-10-34-90-71(82)83)67(120)102-45(18-4-8-32-77)60(113)95-43(16-2-6-30-75)59(112)100-50(27-29-55(81)109)65(118)98-46(21-11-35-91-72(84)85)61(114)97-47(22-12-36-92-73(86)87)62(115)101-49(26-28-54(80)108)64(117)96-44(17-3-7-31-76)63(116)103-51(19-5-9-33-78)68(121)105-38-14-24-52(105)69(122)106-39-15-25-53(106)70(123)124/h41-53,57,107H,2-40,75-79H2,1H3,(H2,80,108)(H2,81,109)(H,94,110)(H,95,113)(H,96,117)(H,97,114)(H,98,118)(H,99,111)(H,100,112)(H,101,115)(H,102,120)(H,103,116)(H,104,119)(H,123,124)(H4,82,83,90)(H4,84,85,91)(H4,86,87,92)(H4,88,89,93)/t41-,42+,43+,44+,45+,46+,47+,48+,49+,50+,51+,52+,53+,57+/m1/s1. The lowest BCUT2D eigenvalue weighted by Crippen LogP contribution is -2.62. The van der Waals surface area contributed by atoms with Crippen molar-refractivity contribution in [1.82, 2.24) is 68.3 Å². The number of aliphatic carboxylic acids is 1. The quantitative estimate of drug-likeness (QED) is 0.0153. The Morgan fingerprint density at radius 2 is 0.589 bits per heavy atom. The molecular formula is C74H138N32O18. The van der Waals surface area contributed by atoms with Crippen LogP contribution in [0.3, 0.4) is 0 Å². The van der Waals surface area contributed by atoms with E-state index < -0.39 is 211 Å². The molecule has 702 valence electrons. The Morgan fingerprint density at radius 3 is 0.871 bits per heavy atom. The molecule has 0 aromatic rings. The normalized spacial score (nSPS) is 16.4. The highest BCUT2D eigenvalue weighted by Crippen LogP contribution is 2.27. The second-order valence-electron chi connectivity index (χ2n) is 30.3. The van der Waals surface area contributed by atoms with Crippen LogP contribution in [0.4, 0.5) is 0 Å². The average Bonchev–Trinajstić information content (AvgIpc) is 1.64. The summed E-state index contributed by atoms with van der Waals surface area (Å²) >= 11 is 0. The van der Waals surface area contributed by atoms with E-state index in [-0.39, 0.29) is 205 Å². The SMILES string of the molecule is C[C@@H](O)[C@H](NC(=O)[C@H](CCCN=C(N)N)NC(=O)[C@H](CCCN=C(N)N)NC(=O)CN)C(=O)N[C@@H](CCCCN)C(=O)N[C@@H](CCCCN)C(=O)N[C@@H](CCC(N)=O)C(=O)N[C@@H](CCCN=C(N)N)C(=O)N[C@@H](CCCN=C(N)N)C(=O)N[C@@H](CCC(N)=O)C(=O)N[C@@H](CCCCN)C(=O)N[C@@H](CCCCN)C(=O)N1CCC[C@H]1C(=O)N1CCC[C@H]1C(=O)O. The van der Waals surface area contributed by atoms with Gasteiger partial charge in [-0.3, -0.25) is 91.9 Å². The van der Waals surface area contributed by atoms with Gasteiger partial charge in [0.2, 0.25) is 88.6 Å². The van der Waals surface area contributed by atoms with Crippen molar-refractivity contribution in [2.24, 2.45) is 106 Å². The van der Waals surface area contributed by atoms with E-state index in [2.05, 4.69) is 78.5 Å². The number of aliphatic hydroxyl groups excluding tert-OH is 1. The number of aliphatic hydroxyl groups is 1. The number of carboxylic acid groups (broad SMARTS) is 1. The van der Waals surface area contributed by atoms with E-state index in [9.17, 15) is 86.9 Å². The van der Waals surface area contributed by atoms with E-state index in [0.29, 0.717) is 38.5 Å². The van der Waals surface area contributed by atoms with Crippen molar-refractivity contribution in [3.8, 4) is 0 Å². The summed E-state index contributed by atoms with van der Waals surface area (Å²) in [5.74, 6) is -16.5. The molecule has 2 heterocycles. The molecule has 2 saturated heterocycles. The number of carboxylic acids is 1. The van der Waals surface area contributed by atoms with Gasteiger partial charge in [0.15, 0.2) is 23.8 Å². The van der Waals surface area contributed by atoms with Crippen LogP contribution in [-0.2, 0) is 76.7 Å². The van der Waals surface area contributed by atoms with Crippen LogP contribution in [0.2, 0.25) is 0 Å². The molecule has 0 saturated carbocycles. The first-order valence-corrected chi connectivity index (χ1v) is 42.0. The van der Waals surface area contributed by atoms with Gasteiger partial charge in [-0.25, -0.2) is 4.79 Å². The molecule has 43 N–H and O–H groups in total. The second-order valence-corrected chi connectivity index (χ2v) is 30.3. The van der Waals surface area contributed by atoms with Crippen molar-refractivity contribution in [2.75, 3.05) is 72.0 Å². The Morgan fingerprint density at radius 1 is 0.331 bits per heavy atom. The summed E-state index contributed by atoms with van der Waals surface area (Å²) in [6.45, 7) is 1.27. The number of primary amides is 2. The lowest BCUT2D eigenvalue weighted by molar-refractivity contribution is -0.152. The van der Waals surface area contributed by atoms with Crippen LogP contribution >= 0.6 is 0 Å². The summed E-state index contributed by atoms with van der Waals surface area (Å²) in [6.07, 6.45) is -1.43. The molecule has 0 aromatic carbocycles. The van der Waals surface area contributed by atoms with Gasteiger partial charge in [-0.2, -0.15) is 0 Å². The van der Waals surface area contributed by atoms with Gasteiger partial charge < -0.3 is 165 Å². The van der Waals surface area contributed by atoms with Crippen LogP contribution in [0, 0.1) is 0 Å². The molecule has 2 aliphatic rings. The minimum Gasteiger partial charge on any atom is -0.480 e. The number of nitrogens with two attached hydrogens (primary N) is 15. The predicted molar refractivity (Wildman–Crippen MR) is 457 cm³/mol. The molecule has 2 aliphatic heterocycles. The predicted octanol–water partition coefficient (Wildman–Crippen LogP) is -12.0. The first-order valence-electron chi connectivity index (χ1n) is 42.0.